The monoisotopic (exact) mass is 276 g/mol. The topological polar surface area (TPSA) is 62.2 Å². The van der Waals surface area contributed by atoms with Crippen molar-refractivity contribution in [1.82, 2.24) is 10.3 Å². The number of nitrogens with zero attached hydrogens (tertiary/aromatic N) is 1. The standard InChI is InChI=1S/C14H16N2O2S/c1-8-13(19-10(3)15-8)9(2)16-14(18)11-5-4-6-12(17)7-11/h4-7,9,17H,1-3H3,(H,16,18). The highest BCUT2D eigenvalue weighted by Gasteiger charge is 2.16. The Kier molecular flexibility index (Phi) is 3.85. The minimum atomic E-state index is -0.200. The van der Waals surface area contributed by atoms with Crippen molar-refractivity contribution in [1.29, 1.82) is 0 Å². The van der Waals surface area contributed by atoms with Crippen molar-refractivity contribution in [2.24, 2.45) is 0 Å². The molecular weight excluding hydrogens is 260 g/mol. The maximum atomic E-state index is 12.1. The molecule has 19 heavy (non-hydrogen) atoms. The zero-order valence-corrected chi connectivity index (χ0v) is 11.9. The fourth-order valence-electron chi connectivity index (χ4n) is 1.94. The van der Waals surface area contributed by atoms with Crippen molar-refractivity contribution >= 4 is 17.2 Å². The highest BCUT2D eigenvalue weighted by atomic mass is 32.1. The minimum absolute atomic E-state index is 0.0881. The van der Waals surface area contributed by atoms with Crippen LogP contribution < -0.4 is 5.32 Å². The van der Waals surface area contributed by atoms with Crippen molar-refractivity contribution in [3.05, 3.63) is 45.4 Å². The number of aromatic nitrogens is 1. The number of thiazole rings is 1. The first-order chi connectivity index (χ1) is 8.97. The number of amides is 1. The molecule has 0 spiro atoms. The maximum Gasteiger partial charge on any atom is 0.251 e. The molecule has 4 nitrogen and oxygen atoms in total. The van der Waals surface area contributed by atoms with E-state index < -0.39 is 0 Å². The van der Waals surface area contributed by atoms with Crippen molar-refractivity contribution in [3.63, 3.8) is 0 Å². The summed E-state index contributed by atoms with van der Waals surface area (Å²) in [5.41, 5.74) is 1.40. The Labute approximate surface area is 116 Å². The van der Waals surface area contributed by atoms with E-state index in [2.05, 4.69) is 10.3 Å². The Balaban J connectivity index is 2.13. The van der Waals surface area contributed by atoms with Crippen LogP contribution in [0.3, 0.4) is 0 Å². The van der Waals surface area contributed by atoms with Crippen LogP contribution in [0.15, 0.2) is 24.3 Å². The Morgan fingerprint density at radius 3 is 2.74 bits per heavy atom. The van der Waals surface area contributed by atoms with Crippen LogP contribution in [-0.2, 0) is 0 Å². The van der Waals surface area contributed by atoms with Gasteiger partial charge >= 0.3 is 0 Å². The first-order valence-corrected chi connectivity index (χ1v) is 6.83. The number of carbonyl (C=O) groups is 1. The summed E-state index contributed by atoms with van der Waals surface area (Å²) in [4.78, 5) is 17.5. The summed E-state index contributed by atoms with van der Waals surface area (Å²) >= 11 is 1.59. The molecule has 0 aliphatic carbocycles. The molecule has 1 amide bonds. The van der Waals surface area contributed by atoms with Gasteiger partial charge in [-0.1, -0.05) is 6.07 Å². The van der Waals surface area contributed by atoms with Gasteiger partial charge in [0.1, 0.15) is 5.75 Å². The van der Waals surface area contributed by atoms with Crippen LogP contribution in [0.4, 0.5) is 0 Å². The number of phenolic OH excluding ortho intramolecular Hbond substituents is 1. The lowest BCUT2D eigenvalue weighted by molar-refractivity contribution is 0.0940. The molecule has 1 unspecified atom stereocenters. The lowest BCUT2D eigenvalue weighted by Crippen LogP contribution is -2.26. The van der Waals surface area contributed by atoms with E-state index in [1.807, 2.05) is 20.8 Å². The molecule has 2 aromatic rings. The number of nitrogens with one attached hydrogen (secondary N) is 1. The van der Waals surface area contributed by atoms with Gasteiger partial charge in [0, 0.05) is 10.4 Å². The van der Waals surface area contributed by atoms with Crippen LogP contribution in [-0.4, -0.2) is 16.0 Å². The van der Waals surface area contributed by atoms with Gasteiger partial charge in [0.2, 0.25) is 0 Å². The summed E-state index contributed by atoms with van der Waals surface area (Å²) in [6, 6.07) is 6.22. The zero-order chi connectivity index (χ0) is 14.0. The zero-order valence-electron chi connectivity index (χ0n) is 11.1. The second kappa shape index (κ2) is 5.40. The van der Waals surface area contributed by atoms with Gasteiger partial charge in [-0.3, -0.25) is 4.79 Å². The number of hydrogen-bond acceptors (Lipinski definition) is 4. The van der Waals surface area contributed by atoms with Crippen LogP contribution >= 0.6 is 11.3 Å². The second-order valence-electron chi connectivity index (χ2n) is 4.43. The van der Waals surface area contributed by atoms with Crippen LogP contribution in [0.2, 0.25) is 0 Å². The maximum absolute atomic E-state index is 12.1. The van der Waals surface area contributed by atoms with E-state index in [1.54, 1.807) is 23.5 Å². The van der Waals surface area contributed by atoms with E-state index in [0.29, 0.717) is 5.56 Å². The predicted octanol–water partition coefficient (Wildman–Crippen LogP) is 2.96. The summed E-state index contributed by atoms with van der Waals surface area (Å²) in [6.45, 7) is 5.82. The Morgan fingerprint density at radius 2 is 2.16 bits per heavy atom. The SMILES string of the molecule is Cc1nc(C)c(C(C)NC(=O)c2cccc(O)c2)s1. The van der Waals surface area contributed by atoms with Gasteiger partial charge < -0.3 is 10.4 Å². The average Bonchev–Trinajstić information content (AvgIpc) is 2.68. The van der Waals surface area contributed by atoms with Crippen LogP contribution in [0.1, 0.15) is 38.9 Å². The smallest absolute Gasteiger partial charge is 0.251 e. The van der Waals surface area contributed by atoms with Crippen molar-refractivity contribution < 1.29 is 9.90 Å². The van der Waals surface area contributed by atoms with Gasteiger partial charge in [-0.05, 0) is 39.0 Å². The van der Waals surface area contributed by atoms with E-state index in [1.165, 1.54) is 12.1 Å². The van der Waals surface area contributed by atoms with Crippen molar-refractivity contribution in [3.8, 4) is 5.75 Å². The van der Waals surface area contributed by atoms with Crippen LogP contribution in [0, 0.1) is 13.8 Å². The highest BCUT2D eigenvalue weighted by Crippen LogP contribution is 2.24. The summed E-state index contributed by atoms with van der Waals surface area (Å²) in [6.07, 6.45) is 0. The molecule has 0 fully saturated rings. The molecule has 1 heterocycles. The second-order valence-corrected chi connectivity index (χ2v) is 5.66. The largest absolute Gasteiger partial charge is 0.508 e. The average molecular weight is 276 g/mol. The van der Waals surface area contributed by atoms with Gasteiger partial charge in [-0.25, -0.2) is 4.98 Å². The molecule has 0 saturated carbocycles. The number of benzene rings is 1. The van der Waals surface area contributed by atoms with Crippen molar-refractivity contribution in [2.45, 2.75) is 26.8 Å². The minimum Gasteiger partial charge on any atom is -0.508 e. The quantitative estimate of drug-likeness (QED) is 0.906. The van der Waals surface area contributed by atoms with Gasteiger partial charge in [0.15, 0.2) is 0 Å². The molecule has 0 radical (unpaired) electrons. The van der Waals surface area contributed by atoms with Crippen LogP contribution in [0.25, 0.3) is 0 Å². The molecule has 1 atom stereocenters. The van der Waals surface area contributed by atoms with E-state index in [0.717, 1.165) is 15.6 Å². The molecule has 1 aromatic heterocycles. The number of aromatic hydroxyl groups is 1. The lowest BCUT2D eigenvalue weighted by Gasteiger charge is -2.13. The number of rotatable bonds is 3. The number of phenols is 1. The Hall–Kier alpha value is -1.88. The summed E-state index contributed by atoms with van der Waals surface area (Å²) in [7, 11) is 0. The van der Waals surface area contributed by atoms with E-state index in [9.17, 15) is 9.90 Å². The molecule has 2 rings (SSSR count). The first-order valence-electron chi connectivity index (χ1n) is 6.01. The Bertz CT molecular complexity index is 607. The number of hydrogen-bond donors (Lipinski definition) is 2. The van der Waals surface area contributed by atoms with Gasteiger partial charge in [0.25, 0.3) is 5.91 Å². The number of aryl methyl sites for hydroxylation is 2. The van der Waals surface area contributed by atoms with E-state index in [4.69, 9.17) is 0 Å². The fraction of sp³-hybridized carbons (Fsp3) is 0.286. The Morgan fingerprint density at radius 1 is 1.42 bits per heavy atom. The summed E-state index contributed by atoms with van der Waals surface area (Å²) < 4.78 is 0. The first kappa shape index (κ1) is 13.5. The normalized spacial score (nSPS) is 12.2. The molecule has 1 aromatic carbocycles. The summed E-state index contributed by atoms with van der Waals surface area (Å²) in [5, 5.41) is 13.3. The van der Waals surface area contributed by atoms with Gasteiger partial charge in [-0.15, -0.1) is 11.3 Å². The van der Waals surface area contributed by atoms with Gasteiger partial charge in [-0.2, -0.15) is 0 Å². The van der Waals surface area contributed by atoms with Gasteiger partial charge in [0.05, 0.1) is 16.7 Å². The van der Waals surface area contributed by atoms with Crippen LogP contribution in [0.5, 0.6) is 5.75 Å². The molecule has 0 aliphatic heterocycles. The number of carbonyl (C=O) groups excluding carboxylic acids is 1. The molecular formula is C14H16N2O2S. The highest BCUT2D eigenvalue weighted by molar-refractivity contribution is 7.11. The molecule has 0 saturated heterocycles. The molecule has 2 N–H and O–H groups in total. The lowest BCUT2D eigenvalue weighted by atomic mass is 10.1. The molecule has 0 bridgehead atoms. The molecule has 100 valence electrons. The van der Waals surface area contributed by atoms with E-state index in [-0.39, 0.29) is 17.7 Å². The molecule has 0 aliphatic rings. The van der Waals surface area contributed by atoms with Crippen molar-refractivity contribution in [2.75, 3.05) is 0 Å². The van der Waals surface area contributed by atoms with E-state index >= 15 is 0 Å². The third-order valence-electron chi connectivity index (χ3n) is 2.79. The summed E-state index contributed by atoms with van der Waals surface area (Å²) in [5.74, 6) is -0.112. The fourth-order valence-corrected chi connectivity index (χ4v) is 2.87. The molecule has 5 heteroatoms. The third kappa shape index (κ3) is 3.12. The third-order valence-corrected chi connectivity index (χ3v) is 4.04. The predicted molar refractivity (Wildman–Crippen MR) is 75.6 cm³/mol.